The van der Waals surface area contributed by atoms with Crippen LogP contribution in [0.5, 0.6) is 0 Å². The summed E-state index contributed by atoms with van der Waals surface area (Å²) in [5.74, 6) is 0.550. The van der Waals surface area contributed by atoms with Crippen molar-refractivity contribution in [1.82, 2.24) is 0 Å². The Hall–Kier alpha value is -0.380. The van der Waals surface area contributed by atoms with Crippen LogP contribution < -0.4 is 0 Å². The molecule has 1 aromatic carbocycles. The van der Waals surface area contributed by atoms with E-state index in [4.69, 9.17) is 4.74 Å². The van der Waals surface area contributed by atoms with Crippen LogP contribution in [0.15, 0.2) is 22.7 Å². The summed E-state index contributed by atoms with van der Waals surface area (Å²) in [6.07, 6.45) is 2.13. The molecule has 0 radical (unpaired) electrons. The van der Waals surface area contributed by atoms with E-state index in [2.05, 4.69) is 22.0 Å². The van der Waals surface area contributed by atoms with Gasteiger partial charge in [-0.2, -0.15) is 0 Å². The predicted octanol–water partition coefficient (Wildman–Crippen LogP) is 2.84. The molecule has 1 N–H and O–H groups in total. The van der Waals surface area contributed by atoms with Crippen molar-refractivity contribution in [3.63, 3.8) is 0 Å². The van der Waals surface area contributed by atoms with E-state index in [-0.39, 0.29) is 6.61 Å². The van der Waals surface area contributed by atoms with Crippen LogP contribution in [-0.2, 0) is 11.3 Å². The lowest BCUT2D eigenvalue weighted by Crippen LogP contribution is -2.15. The van der Waals surface area contributed by atoms with E-state index in [9.17, 15) is 5.11 Å². The summed E-state index contributed by atoms with van der Waals surface area (Å²) in [4.78, 5) is 0. The average Bonchev–Trinajstić information content (AvgIpc) is 2.30. The molecule has 0 unspecified atom stereocenters. The molecule has 2 nitrogen and oxygen atoms in total. The summed E-state index contributed by atoms with van der Waals surface area (Å²) in [7, 11) is 0. The van der Waals surface area contributed by atoms with Gasteiger partial charge in [-0.1, -0.05) is 22.0 Å². The largest absolute Gasteiger partial charge is 0.392 e. The Morgan fingerprint density at radius 2 is 2.07 bits per heavy atom. The van der Waals surface area contributed by atoms with Gasteiger partial charge in [0.05, 0.1) is 6.61 Å². The van der Waals surface area contributed by atoms with E-state index in [0.29, 0.717) is 5.92 Å². The zero-order valence-electron chi connectivity index (χ0n) is 8.58. The van der Waals surface area contributed by atoms with Crippen molar-refractivity contribution in [2.45, 2.75) is 25.4 Å². The summed E-state index contributed by atoms with van der Waals surface area (Å²) < 4.78 is 6.38. The number of aliphatic hydroxyl groups is 1. The van der Waals surface area contributed by atoms with E-state index < -0.39 is 0 Å². The molecule has 2 rings (SSSR count). The van der Waals surface area contributed by atoms with Crippen LogP contribution in [0, 0.1) is 0 Å². The smallest absolute Gasteiger partial charge is 0.0685 e. The van der Waals surface area contributed by atoms with Crippen LogP contribution in [0.2, 0.25) is 0 Å². The van der Waals surface area contributed by atoms with Crippen molar-refractivity contribution in [3.05, 3.63) is 33.8 Å². The maximum Gasteiger partial charge on any atom is 0.0685 e. The number of hydrogen-bond acceptors (Lipinski definition) is 2. The first kappa shape index (κ1) is 11.1. The van der Waals surface area contributed by atoms with Crippen LogP contribution in [-0.4, -0.2) is 18.3 Å². The molecule has 1 aliphatic heterocycles. The first-order valence-corrected chi connectivity index (χ1v) is 6.07. The van der Waals surface area contributed by atoms with Crippen LogP contribution in [0.3, 0.4) is 0 Å². The molecule has 15 heavy (non-hydrogen) atoms. The number of hydrogen-bond donors (Lipinski definition) is 1. The maximum atomic E-state index is 9.32. The van der Waals surface area contributed by atoms with Crippen LogP contribution >= 0.6 is 15.9 Å². The third-order valence-corrected chi connectivity index (χ3v) is 3.43. The zero-order valence-corrected chi connectivity index (χ0v) is 10.2. The highest BCUT2D eigenvalue weighted by Gasteiger charge is 2.18. The standard InChI is InChI=1S/C12H15BrO2/c13-11-1-2-12(10(7-11)8-14)9-3-5-15-6-4-9/h1-2,7,9,14H,3-6,8H2. The van der Waals surface area contributed by atoms with E-state index in [1.807, 2.05) is 12.1 Å². The van der Waals surface area contributed by atoms with Crippen molar-refractivity contribution in [2.24, 2.45) is 0 Å². The number of ether oxygens (including phenoxy) is 1. The Morgan fingerprint density at radius 3 is 2.73 bits per heavy atom. The Bertz CT molecular complexity index is 332. The summed E-state index contributed by atoms with van der Waals surface area (Å²) in [6.45, 7) is 1.79. The summed E-state index contributed by atoms with van der Waals surface area (Å²) >= 11 is 3.43. The fourth-order valence-electron chi connectivity index (χ4n) is 2.12. The Morgan fingerprint density at radius 1 is 1.33 bits per heavy atom. The van der Waals surface area contributed by atoms with Crippen molar-refractivity contribution >= 4 is 15.9 Å². The lowest BCUT2D eigenvalue weighted by molar-refractivity contribution is 0.0848. The second-order valence-electron chi connectivity index (χ2n) is 3.89. The second kappa shape index (κ2) is 5.10. The van der Waals surface area contributed by atoms with Gasteiger partial charge in [-0.3, -0.25) is 0 Å². The van der Waals surface area contributed by atoms with Crippen LogP contribution in [0.4, 0.5) is 0 Å². The van der Waals surface area contributed by atoms with Gasteiger partial charge in [0.2, 0.25) is 0 Å². The molecule has 0 atom stereocenters. The molecule has 1 aromatic rings. The lowest BCUT2D eigenvalue weighted by atomic mass is 9.88. The quantitative estimate of drug-likeness (QED) is 0.896. The maximum absolute atomic E-state index is 9.32. The number of benzene rings is 1. The Balaban J connectivity index is 2.25. The molecule has 1 aliphatic rings. The van der Waals surface area contributed by atoms with E-state index >= 15 is 0 Å². The molecule has 0 amide bonds. The molecule has 0 aliphatic carbocycles. The molecule has 1 fully saturated rings. The van der Waals surface area contributed by atoms with Gasteiger partial charge in [-0.25, -0.2) is 0 Å². The predicted molar refractivity (Wildman–Crippen MR) is 62.9 cm³/mol. The van der Waals surface area contributed by atoms with Gasteiger partial charge in [0.1, 0.15) is 0 Å². The van der Waals surface area contributed by atoms with Gasteiger partial charge in [-0.15, -0.1) is 0 Å². The lowest BCUT2D eigenvalue weighted by Gasteiger charge is -2.24. The summed E-state index contributed by atoms with van der Waals surface area (Å²) in [5, 5.41) is 9.32. The molecule has 0 bridgehead atoms. The normalized spacial score (nSPS) is 18.0. The van der Waals surface area contributed by atoms with Crippen LogP contribution in [0.25, 0.3) is 0 Å². The van der Waals surface area contributed by atoms with Gasteiger partial charge in [-0.05, 0) is 42.0 Å². The molecular formula is C12H15BrO2. The highest BCUT2D eigenvalue weighted by Crippen LogP contribution is 2.31. The Kier molecular flexibility index (Phi) is 3.78. The van der Waals surface area contributed by atoms with Gasteiger partial charge in [0.25, 0.3) is 0 Å². The molecule has 0 spiro atoms. The third kappa shape index (κ3) is 2.60. The average molecular weight is 271 g/mol. The minimum atomic E-state index is 0.117. The second-order valence-corrected chi connectivity index (χ2v) is 4.80. The van der Waals surface area contributed by atoms with Crippen molar-refractivity contribution < 1.29 is 9.84 Å². The molecule has 3 heteroatoms. The van der Waals surface area contributed by atoms with E-state index in [1.54, 1.807) is 0 Å². The fourth-order valence-corrected chi connectivity index (χ4v) is 2.53. The van der Waals surface area contributed by atoms with Gasteiger partial charge in [0, 0.05) is 17.7 Å². The number of halogens is 1. The topological polar surface area (TPSA) is 29.5 Å². The van der Waals surface area contributed by atoms with Crippen LogP contribution in [0.1, 0.15) is 29.9 Å². The highest BCUT2D eigenvalue weighted by atomic mass is 79.9. The zero-order chi connectivity index (χ0) is 10.7. The highest BCUT2D eigenvalue weighted by molar-refractivity contribution is 9.10. The number of rotatable bonds is 2. The van der Waals surface area contributed by atoms with E-state index in [0.717, 1.165) is 36.1 Å². The fraction of sp³-hybridized carbons (Fsp3) is 0.500. The molecule has 82 valence electrons. The molecule has 1 saturated heterocycles. The summed E-state index contributed by atoms with van der Waals surface area (Å²) in [5.41, 5.74) is 2.32. The Labute approximate surface area is 98.4 Å². The van der Waals surface area contributed by atoms with Gasteiger partial charge in [0.15, 0.2) is 0 Å². The molecule has 1 heterocycles. The van der Waals surface area contributed by atoms with E-state index in [1.165, 1.54) is 5.56 Å². The van der Waals surface area contributed by atoms with Crippen molar-refractivity contribution in [1.29, 1.82) is 0 Å². The minimum absolute atomic E-state index is 0.117. The van der Waals surface area contributed by atoms with Crippen molar-refractivity contribution in [3.8, 4) is 0 Å². The summed E-state index contributed by atoms with van der Waals surface area (Å²) in [6, 6.07) is 6.17. The number of aliphatic hydroxyl groups excluding tert-OH is 1. The van der Waals surface area contributed by atoms with Gasteiger partial charge < -0.3 is 9.84 Å². The monoisotopic (exact) mass is 270 g/mol. The third-order valence-electron chi connectivity index (χ3n) is 2.94. The molecular weight excluding hydrogens is 256 g/mol. The molecule has 0 aromatic heterocycles. The molecule has 0 saturated carbocycles. The van der Waals surface area contributed by atoms with Gasteiger partial charge >= 0.3 is 0 Å². The first-order chi connectivity index (χ1) is 7.31. The first-order valence-electron chi connectivity index (χ1n) is 5.28. The minimum Gasteiger partial charge on any atom is -0.392 e. The SMILES string of the molecule is OCc1cc(Br)ccc1C1CCOCC1. The van der Waals surface area contributed by atoms with Crippen molar-refractivity contribution in [2.75, 3.05) is 13.2 Å².